The number of nitrogens with one attached hydrogen (secondary N) is 1. The van der Waals surface area contributed by atoms with E-state index in [-0.39, 0.29) is 5.41 Å². The maximum Gasteiger partial charge on any atom is 0.228 e. The van der Waals surface area contributed by atoms with Crippen molar-refractivity contribution < 1.29 is 4.79 Å². The smallest absolute Gasteiger partial charge is 0.228 e. The number of amides is 1. The first-order valence-electron chi connectivity index (χ1n) is 5.55. The quantitative estimate of drug-likeness (QED) is 0.724. The average molecular weight is 198 g/mol. The van der Waals surface area contributed by atoms with Crippen molar-refractivity contribution in [1.82, 2.24) is 10.2 Å². The number of hydrogen-bond donors (Lipinski definition) is 1. The van der Waals surface area contributed by atoms with Gasteiger partial charge in [-0.25, -0.2) is 0 Å². The maximum atomic E-state index is 12.1. The molecule has 0 aliphatic carbocycles. The molecule has 0 aromatic carbocycles. The summed E-state index contributed by atoms with van der Waals surface area (Å²) in [6.07, 6.45) is 4.10. The molecule has 1 amide bonds. The van der Waals surface area contributed by atoms with Crippen LogP contribution in [0, 0.1) is 5.41 Å². The van der Waals surface area contributed by atoms with E-state index in [1.165, 1.54) is 0 Å². The zero-order valence-corrected chi connectivity index (χ0v) is 9.60. The van der Waals surface area contributed by atoms with Gasteiger partial charge in [0.2, 0.25) is 5.91 Å². The average Bonchev–Trinajstić information content (AvgIpc) is 2.42. The van der Waals surface area contributed by atoms with Crippen LogP contribution in [0.15, 0.2) is 0 Å². The summed E-state index contributed by atoms with van der Waals surface area (Å²) in [5.41, 5.74) is -0.0903. The second kappa shape index (κ2) is 4.78. The van der Waals surface area contributed by atoms with E-state index in [4.69, 9.17) is 0 Å². The van der Waals surface area contributed by atoms with Crippen LogP contribution in [0.5, 0.6) is 0 Å². The molecule has 0 radical (unpaired) electrons. The van der Waals surface area contributed by atoms with E-state index in [0.717, 1.165) is 38.8 Å². The van der Waals surface area contributed by atoms with Crippen LogP contribution in [0.1, 0.15) is 32.6 Å². The van der Waals surface area contributed by atoms with E-state index in [1.807, 2.05) is 14.1 Å². The topological polar surface area (TPSA) is 32.3 Å². The third kappa shape index (κ3) is 2.27. The highest BCUT2D eigenvalue weighted by Crippen LogP contribution is 2.34. The number of carbonyl (C=O) groups excluding carboxylic acids is 1. The number of carbonyl (C=O) groups is 1. The highest BCUT2D eigenvalue weighted by atomic mass is 16.2. The first-order valence-corrected chi connectivity index (χ1v) is 5.55. The molecule has 82 valence electrons. The molecule has 1 unspecified atom stereocenters. The number of rotatable bonds is 2. The fourth-order valence-corrected chi connectivity index (χ4v) is 2.32. The second-order valence-electron chi connectivity index (χ2n) is 4.44. The van der Waals surface area contributed by atoms with Gasteiger partial charge in [0.25, 0.3) is 0 Å². The highest BCUT2D eigenvalue weighted by molar-refractivity contribution is 5.82. The Morgan fingerprint density at radius 1 is 1.36 bits per heavy atom. The molecule has 0 saturated carbocycles. The molecule has 0 aromatic rings. The van der Waals surface area contributed by atoms with Crippen molar-refractivity contribution in [2.75, 3.05) is 27.2 Å². The minimum Gasteiger partial charge on any atom is -0.348 e. The molecule has 0 aromatic heterocycles. The molecule has 1 aliphatic rings. The van der Waals surface area contributed by atoms with E-state index in [0.29, 0.717) is 5.91 Å². The largest absolute Gasteiger partial charge is 0.348 e. The molecule has 1 rings (SSSR count). The first-order chi connectivity index (χ1) is 6.62. The van der Waals surface area contributed by atoms with E-state index in [2.05, 4.69) is 12.2 Å². The summed E-state index contributed by atoms with van der Waals surface area (Å²) in [4.78, 5) is 13.8. The van der Waals surface area contributed by atoms with Crippen molar-refractivity contribution in [1.29, 1.82) is 0 Å². The van der Waals surface area contributed by atoms with Crippen LogP contribution in [0.25, 0.3) is 0 Å². The molecule has 1 saturated heterocycles. The van der Waals surface area contributed by atoms with Crippen molar-refractivity contribution in [2.24, 2.45) is 5.41 Å². The first kappa shape index (κ1) is 11.5. The summed E-state index contributed by atoms with van der Waals surface area (Å²) in [6.45, 7) is 4.17. The van der Waals surface area contributed by atoms with Crippen LogP contribution in [-0.2, 0) is 4.79 Å². The summed E-state index contributed by atoms with van der Waals surface area (Å²) < 4.78 is 0. The van der Waals surface area contributed by atoms with Crippen molar-refractivity contribution >= 4 is 5.91 Å². The third-order valence-electron chi connectivity index (χ3n) is 3.33. The Balaban J connectivity index is 2.76. The monoisotopic (exact) mass is 198 g/mol. The van der Waals surface area contributed by atoms with Crippen LogP contribution < -0.4 is 5.32 Å². The van der Waals surface area contributed by atoms with Crippen molar-refractivity contribution in [3.63, 3.8) is 0 Å². The lowest BCUT2D eigenvalue weighted by molar-refractivity contribution is -0.140. The molecule has 3 heteroatoms. The van der Waals surface area contributed by atoms with Gasteiger partial charge >= 0.3 is 0 Å². The lowest BCUT2D eigenvalue weighted by Crippen LogP contribution is -2.40. The highest BCUT2D eigenvalue weighted by Gasteiger charge is 2.37. The van der Waals surface area contributed by atoms with Gasteiger partial charge in [-0.05, 0) is 38.8 Å². The summed E-state index contributed by atoms with van der Waals surface area (Å²) >= 11 is 0. The van der Waals surface area contributed by atoms with E-state index < -0.39 is 0 Å². The van der Waals surface area contributed by atoms with Crippen LogP contribution >= 0.6 is 0 Å². The van der Waals surface area contributed by atoms with Crippen LogP contribution in [0.2, 0.25) is 0 Å². The van der Waals surface area contributed by atoms with E-state index in [9.17, 15) is 4.79 Å². The number of nitrogens with zero attached hydrogens (tertiary/aromatic N) is 1. The second-order valence-corrected chi connectivity index (χ2v) is 4.44. The summed E-state index contributed by atoms with van der Waals surface area (Å²) in [5, 5.41) is 3.36. The predicted molar refractivity (Wildman–Crippen MR) is 58.1 cm³/mol. The lowest BCUT2D eigenvalue weighted by Gasteiger charge is -2.32. The van der Waals surface area contributed by atoms with Crippen molar-refractivity contribution in [3.8, 4) is 0 Å². The Morgan fingerprint density at radius 2 is 2.07 bits per heavy atom. The van der Waals surface area contributed by atoms with Crippen molar-refractivity contribution in [3.05, 3.63) is 0 Å². The van der Waals surface area contributed by atoms with Gasteiger partial charge in [-0.3, -0.25) is 4.79 Å². The van der Waals surface area contributed by atoms with Gasteiger partial charge in [-0.15, -0.1) is 0 Å². The van der Waals surface area contributed by atoms with E-state index >= 15 is 0 Å². The fraction of sp³-hybridized carbons (Fsp3) is 0.909. The minimum absolute atomic E-state index is 0.0903. The van der Waals surface area contributed by atoms with Gasteiger partial charge in [0.15, 0.2) is 0 Å². The van der Waals surface area contributed by atoms with Gasteiger partial charge in [0, 0.05) is 14.1 Å². The summed E-state index contributed by atoms with van der Waals surface area (Å²) in [7, 11) is 3.72. The van der Waals surface area contributed by atoms with Gasteiger partial charge < -0.3 is 10.2 Å². The standard InChI is InChI=1S/C11H22N2O/c1-4-11(10(14)13(2)3)6-5-8-12-9-7-11/h12H,4-9H2,1-3H3. The molecule has 14 heavy (non-hydrogen) atoms. The Labute approximate surface area is 86.9 Å². The number of hydrogen-bond acceptors (Lipinski definition) is 2. The Hall–Kier alpha value is -0.570. The normalized spacial score (nSPS) is 28.2. The lowest BCUT2D eigenvalue weighted by atomic mass is 9.77. The van der Waals surface area contributed by atoms with Gasteiger partial charge in [-0.2, -0.15) is 0 Å². The van der Waals surface area contributed by atoms with Crippen LogP contribution in [-0.4, -0.2) is 38.0 Å². The third-order valence-corrected chi connectivity index (χ3v) is 3.33. The molecular weight excluding hydrogens is 176 g/mol. The molecule has 1 atom stereocenters. The summed E-state index contributed by atoms with van der Waals surface area (Å²) in [6, 6.07) is 0. The zero-order valence-electron chi connectivity index (χ0n) is 9.60. The molecule has 3 nitrogen and oxygen atoms in total. The zero-order chi connectivity index (χ0) is 10.6. The molecule has 1 aliphatic heterocycles. The van der Waals surface area contributed by atoms with Crippen LogP contribution in [0.4, 0.5) is 0 Å². The van der Waals surface area contributed by atoms with Gasteiger partial charge in [0.05, 0.1) is 5.41 Å². The predicted octanol–water partition coefficient (Wildman–Crippen LogP) is 1.24. The SMILES string of the molecule is CCC1(C(=O)N(C)C)CCCNCC1. The minimum atomic E-state index is -0.0903. The Bertz CT molecular complexity index is 193. The molecule has 0 bridgehead atoms. The van der Waals surface area contributed by atoms with Gasteiger partial charge in [0.1, 0.15) is 0 Å². The molecule has 1 heterocycles. The van der Waals surface area contributed by atoms with Crippen LogP contribution in [0.3, 0.4) is 0 Å². The molecule has 0 spiro atoms. The Kier molecular flexibility index (Phi) is 3.93. The maximum absolute atomic E-state index is 12.1. The molecule has 1 N–H and O–H groups in total. The van der Waals surface area contributed by atoms with Crippen molar-refractivity contribution in [2.45, 2.75) is 32.6 Å². The fourth-order valence-electron chi connectivity index (χ4n) is 2.32. The molecule has 1 fully saturated rings. The van der Waals surface area contributed by atoms with E-state index in [1.54, 1.807) is 4.90 Å². The van der Waals surface area contributed by atoms with Gasteiger partial charge in [-0.1, -0.05) is 6.92 Å². The Morgan fingerprint density at radius 3 is 2.64 bits per heavy atom. The molecular formula is C11H22N2O. The summed E-state index contributed by atoms with van der Waals surface area (Å²) in [5.74, 6) is 0.309.